The van der Waals surface area contributed by atoms with E-state index in [1.165, 1.54) is 0 Å². The third-order valence-corrected chi connectivity index (χ3v) is 3.93. The first kappa shape index (κ1) is 14.8. The van der Waals surface area contributed by atoms with Crippen molar-refractivity contribution in [1.29, 1.82) is 0 Å². The molecule has 1 aromatic heterocycles. The average Bonchev–Trinajstić information content (AvgIpc) is 2.30. The molecular weight excluding hydrogens is 255 g/mol. The van der Waals surface area contributed by atoms with Crippen LogP contribution in [0.3, 0.4) is 0 Å². The summed E-state index contributed by atoms with van der Waals surface area (Å²) in [5.41, 5.74) is 0.592. The standard InChI is InChI=1S/C11H17N2O4P/c1-3-16-18(15,17-4-2)9-11(14)13-10-5-7-12-8-6-10/h5-8H,3-4,9H2,1-2H3,(H,12,13,14). The molecule has 1 heterocycles. The summed E-state index contributed by atoms with van der Waals surface area (Å²) in [6.45, 7) is 3.87. The van der Waals surface area contributed by atoms with Crippen LogP contribution in [-0.4, -0.2) is 30.3 Å². The van der Waals surface area contributed by atoms with Crippen molar-refractivity contribution in [3.8, 4) is 0 Å². The van der Waals surface area contributed by atoms with Crippen molar-refractivity contribution in [3.05, 3.63) is 24.5 Å². The lowest BCUT2D eigenvalue weighted by Gasteiger charge is -2.16. The second kappa shape index (κ2) is 7.26. The van der Waals surface area contributed by atoms with Gasteiger partial charge in [0.05, 0.1) is 13.2 Å². The summed E-state index contributed by atoms with van der Waals surface area (Å²) in [7, 11) is -3.34. The van der Waals surface area contributed by atoms with Crippen LogP contribution in [0.1, 0.15) is 13.8 Å². The van der Waals surface area contributed by atoms with Crippen molar-refractivity contribution in [1.82, 2.24) is 4.98 Å². The zero-order valence-corrected chi connectivity index (χ0v) is 11.4. The number of amides is 1. The number of rotatable bonds is 7. The molecule has 100 valence electrons. The number of anilines is 1. The predicted molar refractivity (Wildman–Crippen MR) is 68.6 cm³/mol. The maximum Gasteiger partial charge on any atom is 0.340 e. The van der Waals surface area contributed by atoms with Gasteiger partial charge in [-0.2, -0.15) is 0 Å². The minimum Gasteiger partial charge on any atom is -0.325 e. The van der Waals surface area contributed by atoms with Crippen LogP contribution in [0.5, 0.6) is 0 Å². The van der Waals surface area contributed by atoms with Crippen molar-refractivity contribution in [2.24, 2.45) is 0 Å². The van der Waals surface area contributed by atoms with Crippen molar-refractivity contribution in [3.63, 3.8) is 0 Å². The average molecular weight is 272 g/mol. The molecule has 0 aliphatic rings. The van der Waals surface area contributed by atoms with Gasteiger partial charge in [0, 0.05) is 18.1 Å². The van der Waals surface area contributed by atoms with E-state index < -0.39 is 13.5 Å². The Bertz CT molecular complexity index is 414. The quantitative estimate of drug-likeness (QED) is 0.770. The van der Waals surface area contributed by atoms with E-state index in [4.69, 9.17) is 9.05 Å². The van der Waals surface area contributed by atoms with E-state index in [-0.39, 0.29) is 19.4 Å². The summed E-state index contributed by atoms with van der Waals surface area (Å²) in [5, 5.41) is 2.60. The van der Waals surface area contributed by atoms with Gasteiger partial charge in [-0.1, -0.05) is 0 Å². The molecule has 1 rings (SSSR count). The Morgan fingerprint density at radius 2 is 1.83 bits per heavy atom. The predicted octanol–water partition coefficient (Wildman–Crippen LogP) is 2.29. The molecule has 0 atom stereocenters. The Balaban J connectivity index is 2.59. The van der Waals surface area contributed by atoms with Crippen LogP contribution in [0.2, 0.25) is 0 Å². The minimum atomic E-state index is -3.34. The fourth-order valence-electron chi connectivity index (χ4n) is 1.33. The first-order chi connectivity index (χ1) is 8.59. The highest BCUT2D eigenvalue weighted by atomic mass is 31.2. The molecule has 18 heavy (non-hydrogen) atoms. The zero-order chi connectivity index (χ0) is 13.4. The molecule has 0 aliphatic carbocycles. The Morgan fingerprint density at radius 3 is 2.33 bits per heavy atom. The molecule has 0 saturated heterocycles. The van der Waals surface area contributed by atoms with E-state index in [2.05, 4.69) is 10.3 Å². The van der Waals surface area contributed by atoms with E-state index >= 15 is 0 Å². The smallest absolute Gasteiger partial charge is 0.325 e. The second-order valence-corrected chi connectivity index (χ2v) is 5.44. The molecule has 6 nitrogen and oxygen atoms in total. The van der Waals surface area contributed by atoms with E-state index in [9.17, 15) is 9.36 Å². The maximum atomic E-state index is 12.1. The molecule has 0 fully saturated rings. The lowest BCUT2D eigenvalue weighted by Crippen LogP contribution is -2.18. The lowest BCUT2D eigenvalue weighted by molar-refractivity contribution is -0.114. The molecule has 0 radical (unpaired) electrons. The highest BCUT2D eigenvalue weighted by Crippen LogP contribution is 2.47. The Morgan fingerprint density at radius 1 is 1.28 bits per heavy atom. The number of aromatic nitrogens is 1. The van der Waals surface area contributed by atoms with Crippen LogP contribution in [0.4, 0.5) is 5.69 Å². The largest absolute Gasteiger partial charge is 0.340 e. The zero-order valence-electron chi connectivity index (χ0n) is 10.5. The van der Waals surface area contributed by atoms with Gasteiger partial charge < -0.3 is 14.4 Å². The monoisotopic (exact) mass is 272 g/mol. The van der Waals surface area contributed by atoms with Gasteiger partial charge in [-0.15, -0.1) is 0 Å². The van der Waals surface area contributed by atoms with Gasteiger partial charge in [-0.05, 0) is 26.0 Å². The minimum absolute atomic E-state index is 0.236. The van der Waals surface area contributed by atoms with E-state index in [1.807, 2.05) is 0 Å². The first-order valence-electron chi connectivity index (χ1n) is 5.67. The van der Waals surface area contributed by atoms with Gasteiger partial charge >= 0.3 is 7.60 Å². The normalized spacial score (nSPS) is 11.2. The molecule has 0 bridgehead atoms. The number of hydrogen-bond donors (Lipinski definition) is 1. The van der Waals surface area contributed by atoms with Crippen LogP contribution in [-0.2, 0) is 18.4 Å². The third kappa shape index (κ3) is 4.96. The fraction of sp³-hybridized carbons (Fsp3) is 0.455. The number of nitrogens with zero attached hydrogens (tertiary/aromatic N) is 1. The molecule has 1 N–H and O–H groups in total. The van der Waals surface area contributed by atoms with Gasteiger partial charge in [-0.25, -0.2) is 0 Å². The van der Waals surface area contributed by atoms with Gasteiger partial charge in [0.15, 0.2) is 0 Å². The summed E-state index contributed by atoms with van der Waals surface area (Å²) in [6, 6.07) is 3.29. The molecule has 1 aromatic rings. The third-order valence-electron chi connectivity index (χ3n) is 1.95. The molecule has 0 spiro atoms. The maximum absolute atomic E-state index is 12.1. The number of pyridine rings is 1. The number of hydrogen-bond acceptors (Lipinski definition) is 5. The number of carbonyl (C=O) groups excluding carboxylic acids is 1. The fourth-order valence-corrected chi connectivity index (χ4v) is 2.81. The van der Waals surface area contributed by atoms with Gasteiger partial charge in [0.25, 0.3) is 0 Å². The highest BCUT2D eigenvalue weighted by molar-refractivity contribution is 7.54. The summed E-state index contributed by atoms with van der Waals surface area (Å²) < 4.78 is 22.2. The lowest BCUT2D eigenvalue weighted by atomic mass is 10.4. The second-order valence-electron chi connectivity index (χ2n) is 3.39. The van der Waals surface area contributed by atoms with E-state index in [1.54, 1.807) is 38.4 Å². The molecule has 0 aliphatic heterocycles. The number of carbonyl (C=O) groups is 1. The summed E-state index contributed by atoms with van der Waals surface area (Å²) in [4.78, 5) is 15.5. The Labute approximate surface area is 106 Å². The van der Waals surface area contributed by atoms with Crippen LogP contribution in [0.15, 0.2) is 24.5 Å². The summed E-state index contributed by atoms with van der Waals surface area (Å²) in [5.74, 6) is -0.411. The van der Waals surface area contributed by atoms with Crippen LogP contribution in [0, 0.1) is 0 Å². The van der Waals surface area contributed by atoms with Crippen molar-refractivity contribution in [2.75, 3.05) is 24.7 Å². The van der Waals surface area contributed by atoms with Gasteiger partial charge in [-0.3, -0.25) is 14.3 Å². The summed E-state index contributed by atoms with van der Waals surface area (Å²) >= 11 is 0. The molecule has 1 amide bonds. The van der Waals surface area contributed by atoms with Crippen molar-refractivity contribution >= 4 is 19.2 Å². The Kier molecular flexibility index (Phi) is 5.98. The van der Waals surface area contributed by atoms with Gasteiger partial charge in [0.2, 0.25) is 5.91 Å². The van der Waals surface area contributed by atoms with E-state index in [0.29, 0.717) is 5.69 Å². The first-order valence-corrected chi connectivity index (χ1v) is 7.40. The van der Waals surface area contributed by atoms with Crippen LogP contribution in [0.25, 0.3) is 0 Å². The summed E-state index contributed by atoms with van der Waals surface area (Å²) in [6.07, 6.45) is 2.82. The van der Waals surface area contributed by atoms with Crippen LogP contribution < -0.4 is 5.32 Å². The van der Waals surface area contributed by atoms with Crippen LogP contribution >= 0.6 is 7.60 Å². The van der Waals surface area contributed by atoms with Crippen molar-refractivity contribution < 1.29 is 18.4 Å². The SMILES string of the molecule is CCOP(=O)(CC(=O)Nc1ccncc1)OCC. The van der Waals surface area contributed by atoms with E-state index in [0.717, 1.165) is 0 Å². The number of nitrogens with one attached hydrogen (secondary N) is 1. The molecular formula is C11H17N2O4P. The molecule has 0 unspecified atom stereocenters. The molecule has 0 saturated carbocycles. The molecule has 7 heteroatoms. The van der Waals surface area contributed by atoms with Gasteiger partial charge in [0.1, 0.15) is 6.16 Å². The highest BCUT2D eigenvalue weighted by Gasteiger charge is 2.27. The Hall–Kier alpha value is -1.23. The molecule has 0 aromatic carbocycles. The van der Waals surface area contributed by atoms with Crippen molar-refractivity contribution in [2.45, 2.75) is 13.8 Å². The topological polar surface area (TPSA) is 77.5 Å².